The van der Waals surface area contributed by atoms with E-state index in [4.69, 9.17) is 0 Å². The van der Waals surface area contributed by atoms with Crippen molar-refractivity contribution in [2.24, 2.45) is 5.92 Å². The molecule has 1 heterocycles. The van der Waals surface area contributed by atoms with Crippen LogP contribution >= 0.6 is 15.9 Å². The van der Waals surface area contributed by atoms with Crippen LogP contribution in [0.15, 0.2) is 28.7 Å². The second kappa shape index (κ2) is 5.56. The molecule has 2 amide bonds. The van der Waals surface area contributed by atoms with Crippen molar-refractivity contribution in [3.8, 4) is 0 Å². The second-order valence-corrected chi connectivity index (χ2v) is 6.39. The summed E-state index contributed by atoms with van der Waals surface area (Å²) >= 11 is 3.37. The zero-order chi connectivity index (χ0) is 14.1. The highest BCUT2D eigenvalue weighted by Gasteiger charge is 2.39. The van der Waals surface area contributed by atoms with Crippen molar-refractivity contribution in [2.45, 2.75) is 25.3 Å². The first kappa shape index (κ1) is 13.6. The number of benzene rings is 1. The Balaban J connectivity index is 1.54. The molecular formula is C15H17BrN2O2. The number of rotatable bonds is 4. The molecule has 4 nitrogen and oxygen atoms in total. The highest BCUT2D eigenvalue weighted by molar-refractivity contribution is 9.10. The molecule has 1 saturated carbocycles. The van der Waals surface area contributed by atoms with Gasteiger partial charge in [-0.1, -0.05) is 12.1 Å². The van der Waals surface area contributed by atoms with E-state index in [1.54, 1.807) is 6.07 Å². The topological polar surface area (TPSA) is 49.4 Å². The third-order valence-corrected chi connectivity index (χ3v) is 4.59. The van der Waals surface area contributed by atoms with Crippen molar-refractivity contribution >= 4 is 27.7 Å². The predicted molar refractivity (Wildman–Crippen MR) is 79.3 cm³/mol. The second-order valence-electron chi connectivity index (χ2n) is 5.54. The molecule has 1 unspecified atom stereocenters. The monoisotopic (exact) mass is 336 g/mol. The fraction of sp³-hybridized carbons (Fsp3) is 0.467. The number of halogens is 1. The molecule has 0 radical (unpaired) electrons. The Morgan fingerprint density at radius 1 is 1.35 bits per heavy atom. The molecule has 5 heteroatoms. The van der Waals surface area contributed by atoms with Gasteiger partial charge in [-0.3, -0.25) is 9.59 Å². The molecule has 106 valence electrons. The first-order valence-electron chi connectivity index (χ1n) is 6.97. The summed E-state index contributed by atoms with van der Waals surface area (Å²) in [5.41, 5.74) is 0.635. The highest BCUT2D eigenvalue weighted by Crippen LogP contribution is 2.32. The van der Waals surface area contributed by atoms with Gasteiger partial charge in [-0.05, 0) is 40.9 Å². The molecule has 1 aliphatic carbocycles. The summed E-state index contributed by atoms with van der Waals surface area (Å²) in [6.45, 7) is 1.36. The molecule has 1 aliphatic heterocycles. The number of carbonyl (C=O) groups excluding carboxylic acids is 2. The molecule has 1 aromatic rings. The van der Waals surface area contributed by atoms with Gasteiger partial charge in [-0.25, -0.2) is 0 Å². The van der Waals surface area contributed by atoms with Crippen LogP contribution in [-0.2, 0) is 4.79 Å². The lowest BCUT2D eigenvalue weighted by Crippen LogP contribution is -2.32. The Labute approximate surface area is 126 Å². The molecule has 1 saturated heterocycles. The van der Waals surface area contributed by atoms with Crippen molar-refractivity contribution in [3.63, 3.8) is 0 Å². The van der Waals surface area contributed by atoms with Crippen LogP contribution < -0.4 is 5.32 Å². The Bertz CT molecular complexity index is 542. The SMILES string of the molecule is O=C(NCC1CC(=O)N(C2CC2)C1)c1ccccc1Br. The van der Waals surface area contributed by atoms with Crippen LogP contribution in [-0.4, -0.2) is 35.8 Å². The minimum Gasteiger partial charge on any atom is -0.352 e. The molecule has 0 spiro atoms. The number of nitrogens with one attached hydrogen (secondary N) is 1. The van der Waals surface area contributed by atoms with Gasteiger partial charge in [0.05, 0.1) is 5.56 Å². The van der Waals surface area contributed by atoms with Crippen LogP contribution in [0.3, 0.4) is 0 Å². The molecule has 3 rings (SSSR count). The average molecular weight is 337 g/mol. The fourth-order valence-corrected chi connectivity index (χ4v) is 3.13. The quantitative estimate of drug-likeness (QED) is 0.916. The van der Waals surface area contributed by atoms with Crippen LogP contribution in [0.4, 0.5) is 0 Å². The van der Waals surface area contributed by atoms with E-state index in [9.17, 15) is 9.59 Å². The van der Waals surface area contributed by atoms with E-state index in [-0.39, 0.29) is 17.7 Å². The summed E-state index contributed by atoms with van der Waals surface area (Å²) in [6, 6.07) is 7.84. The number of hydrogen-bond acceptors (Lipinski definition) is 2. The van der Waals surface area contributed by atoms with E-state index >= 15 is 0 Å². The number of nitrogens with zero attached hydrogens (tertiary/aromatic N) is 1. The van der Waals surface area contributed by atoms with Gasteiger partial charge in [-0.2, -0.15) is 0 Å². The minimum atomic E-state index is -0.0882. The van der Waals surface area contributed by atoms with E-state index in [2.05, 4.69) is 21.2 Å². The lowest BCUT2D eigenvalue weighted by Gasteiger charge is -2.15. The molecule has 1 N–H and O–H groups in total. The standard InChI is InChI=1S/C15H17BrN2O2/c16-13-4-2-1-3-12(13)15(20)17-8-10-7-14(19)18(9-10)11-5-6-11/h1-4,10-11H,5-9H2,(H,17,20). The molecule has 2 fully saturated rings. The number of hydrogen-bond donors (Lipinski definition) is 1. The van der Waals surface area contributed by atoms with Gasteiger partial charge in [0.1, 0.15) is 0 Å². The third kappa shape index (κ3) is 2.87. The van der Waals surface area contributed by atoms with Gasteiger partial charge in [0.25, 0.3) is 5.91 Å². The lowest BCUT2D eigenvalue weighted by molar-refractivity contribution is -0.128. The summed E-state index contributed by atoms with van der Waals surface area (Å²) in [7, 11) is 0. The zero-order valence-corrected chi connectivity index (χ0v) is 12.7. The van der Waals surface area contributed by atoms with Gasteiger partial charge in [0.2, 0.25) is 5.91 Å². The molecule has 0 bridgehead atoms. The summed E-state index contributed by atoms with van der Waals surface area (Å²) in [4.78, 5) is 25.9. The molecule has 2 aliphatic rings. The largest absolute Gasteiger partial charge is 0.352 e. The zero-order valence-electron chi connectivity index (χ0n) is 11.1. The van der Waals surface area contributed by atoms with E-state index in [0.29, 0.717) is 24.6 Å². The van der Waals surface area contributed by atoms with Gasteiger partial charge >= 0.3 is 0 Å². The van der Waals surface area contributed by atoms with E-state index in [0.717, 1.165) is 23.9 Å². The molecular weight excluding hydrogens is 320 g/mol. The molecule has 1 aromatic carbocycles. The van der Waals surface area contributed by atoms with Crippen molar-refractivity contribution in [1.29, 1.82) is 0 Å². The summed E-state index contributed by atoms with van der Waals surface area (Å²) in [6.07, 6.45) is 2.84. The van der Waals surface area contributed by atoms with Crippen LogP contribution in [0, 0.1) is 5.92 Å². The highest BCUT2D eigenvalue weighted by atomic mass is 79.9. The van der Waals surface area contributed by atoms with Crippen LogP contribution in [0.25, 0.3) is 0 Å². The van der Waals surface area contributed by atoms with Crippen molar-refractivity contribution in [3.05, 3.63) is 34.3 Å². The molecule has 0 aromatic heterocycles. The maximum atomic E-state index is 12.1. The van der Waals surface area contributed by atoms with E-state index < -0.39 is 0 Å². The van der Waals surface area contributed by atoms with Crippen LogP contribution in [0.1, 0.15) is 29.6 Å². The Kier molecular flexibility index (Phi) is 3.78. The van der Waals surface area contributed by atoms with Gasteiger partial charge < -0.3 is 10.2 Å². The van der Waals surface area contributed by atoms with Crippen molar-refractivity contribution in [2.75, 3.05) is 13.1 Å². The van der Waals surface area contributed by atoms with Gasteiger partial charge in [-0.15, -0.1) is 0 Å². The van der Waals surface area contributed by atoms with E-state index in [1.807, 2.05) is 23.1 Å². The summed E-state index contributed by atoms with van der Waals surface area (Å²) in [5.74, 6) is 0.400. The van der Waals surface area contributed by atoms with Gasteiger partial charge in [0.15, 0.2) is 0 Å². The molecule has 1 atom stereocenters. The Morgan fingerprint density at radius 2 is 2.10 bits per heavy atom. The maximum absolute atomic E-state index is 12.1. The first-order chi connectivity index (χ1) is 9.65. The Morgan fingerprint density at radius 3 is 2.80 bits per heavy atom. The minimum absolute atomic E-state index is 0.0882. The number of carbonyl (C=O) groups is 2. The smallest absolute Gasteiger partial charge is 0.252 e. The first-order valence-corrected chi connectivity index (χ1v) is 7.76. The molecule has 20 heavy (non-hydrogen) atoms. The van der Waals surface area contributed by atoms with Crippen LogP contribution in [0.5, 0.6) is 0 Å². The van der Waals surface area contributed by atoms with E-state index in [1.165, 1.54) is 0 Å². The number of likely N-dealkylation sites (tertiary alicyclic amines) is 1. The van der Waals surface area contributed by atoms with Crippen molar-refractivity contribution in [1.82, 2.24) is 10.2 Å². The number of amides is 2. The van der Waals surface area contributed by atoms with Crippen molar-refractivity contribution < 1.29 is 9.59 Å². The Hall–Kier alpha value is -1.36. The third-order valence-electron chi connectivity index (χ3n) is 3.90. The maximum Gasteiger partial charge on any atom is 0.252 e. The summed E-state index contributed by atoms with van der Waals surface area (Å²) < 4.78 is 0.791. The fourth-order valence-electron chi connectivity index (χ4n) is 2.66. The lowest BCUT2D eigenvalue weighted by atomic mass is 10.1. The van der Waals surface area contributed by atoms with Gasteiger partial charge in [0, 0.05) is 35.9 Å². The summed E-state index contributed by atoms with van der Waals surface area (Å²) in [5, 5.41) is 2.93. The normalized spacial score (nSPS) is 22.1. The predicted octanol–water partition coefficient (Wildman–Crippen LogP) is 2.19. The van der Waals surface area contributed by atoms with Crippen LogP contribution in [0.2, 0.25) is 0 Å². The average Bonchev–Trinajstić information content (AvgIpc) is 3.20.